The van der Waals surface area contributed by atoms with E-state index in [0.717, 1.165) is 29.0 Å². The van der Waals surface area contributed by atoms with Gasteiger partial charge in [-0.2, -0.15) is 5.10 Å². The Bertz CT molecular complexity index is 998. The third kappa shape index (κ3) is 3.02. The van der Waals surface area contributed by atoms with Crippen LogP contribution in [0.25, 0.3) is 10.8 Å². The van der Waals surface area contributed by atoms with Crippen molar-refractivity contribution in [1.82, 2.24) is 5.01 Å². The minimum absolute atomic E-state index is 0.000114. The summed E-state index contributed by atoms with van der Waals surface area (Å²) in [5, 5.41) is 9.15. The Balaban J connectivity index is 1.68. The van der Waals surface area contributed by atoms with Gasteiger partial charge in [0.1, 0.15) is 5.75 Å². The summed E-state index contributed by atoms with van der Waals surface area (Å²) in [7, 11) is 1.66. The number of hydrogen-bond donors (Lipinski definition) is 1. The second-order valence-electron chi connectivity index (χ2n) is 6.28. The number of fused-ring (bicyclic) bond motifs is 1. The zero-order valence-electron chi connectivity index (χ0n) is 14.4. The van der Waals surface area contributed by atoms with Gasteiger partial charge in [-0.1, -0.05) is 48.5 Å². The molecule has 1 atom stereocenters. The summed E-state index contributed by atoms with van der Waals surface area (Å²) < 4.78 is 5.24. The van der Waals surface area contributed by atoms with Crippen molar-refractivity contribution in [2.24, 2.45) is 10.8 Å². The Hall–Kier alpha value is -2.92. The highest BCUT2D eigenvalue weighted by atomic mass is 32.1. The first-order valence-electron chi connectivity index (χ1n) is 8.45. The van der Waals surface area contributed by atoms with Gasteiger partial charge in [-0.05, 0) is 52.3 Å². The minimum Gasteiger partial charge on any atom is -0.497 e. The van der Waals surface area contributed by atoms with Gasteiger partial charge in [0.25, 0.3) is 0 Å². The molecule has 130 valence electrons. The monoisotopic (exact) mass is 361 g/mol. The fraction of sp³-hybridized carbons (Fsp3) is 0.143. The zero-order chi connectivity index (χ0) is 18.1. The van der Waals surface area contributed by atoms with Crippen LogP contribution in [0.2, 0.25) is 0 Å². The minimum atomic E-state index is -0.000114. The Morgan fingerprint density at radius 3 is 2.50 bits per heavy atom. The second-order valence-corrected chi connectivity index (χ2v) is 6.70. The van der Waals surface area contributed by atoms with E-state index in [2.05, 4.69) is 30.3 Å². The molecule has 0 spiro atoms. The summed E-state index contributed by atoms with van der Waals surface area (Å²) in [5.74, 6) is 0.823. The maximum absolute atomic E-state index is 5.94. The van der Waals surface area contributed by atoms with Gasteiger partial charge in [0.2, 0.25) is 0 Å². The number of hydrazone groups is 1. The first kappa shape index (κ1) is 16.5. The van der Waals surface area contributed by atoms with Crippen LogP contribution in [0.1, 0.15) is 23.6 Å². The number of rotatable bonds is 3. The molecule has 2 N–H and O–H groups in total. The lowest BCUT2D eigenvalue weighted by molar-refractivity contribution is 0.371. The van der Waals surface area contributed by atoms with Gasteiger partial charge in [0, 0.05) is 6.42 Å². The Morgan fingerprint density at radius 1 is 1.08 bits per heavy atom. The van der Waals surface area contributed by atoms with Gasteiger partial charge in [0.15, 0.2) is 5.11 Å². The first-order valence-corrected chi connectivity index (χ1v) is 8.86. The number of methoxy groups -OCH3 is 1. The van der Waals surface area contributed by atoms with Crippen LogP contribution in [-0.4, -0.2) is 22.9 Å². The molecule has 4 rings (SSSR count). The topological polar surface area (TPSA) is 50.8 Å². The lowest BCUT2D eigenvalue weighted by Crippen LogP contribution is -2.31. The molecule has 0 saturated carbocycles. The number of thiocarbonyl (C=S) groups is 1. The highest BCUT2D eigenvalue weighted by Gasteiger charge is 2.30. The van der Waals surface area contributed by atoms with Gasteiger partial charge in [-0.3, -0.25) is 0 Å². The standard InChI is InChI=1S/C21H19N3OS/c1-25-18-10-8-15(9-11-18)20-13-19(23-24(20)21(22)26)17-7-6-14-4-2-3-5-16(14)12-17/h2-12,20H,13H2,1H3,(H2,22,26). The fourth-order valence-corrected chi connectivity index (χ4v) is 3.51. The van der Waals surface area contributed by atoms with Crippen molar-refractivity contribution in [3.63, 3.8) is 0 Å². The van der Waals surface area contributed by atoms with Crippen molar-refractivity contribution in [2.75, 3.05) is 7.11 Å². The molecule has 26 heavy (non-hydrogen) atoms. The van der Waals surface area contributed by atoms with Gasteiger partial charge in [-0.15, -0.1) is 0 Å². The molecule has 1 unspecified atom stereocenters. The summed E-state index contributed by atoms with van der Waals surface area (Å²) in [6, 6.07) is 22.7. The molecule has 0 aromatic heterocycles. The van der Waals surface area contributed by atoms with Crippen LogP contribution >= 0.6 is 12.2 Å². The second kappa shape index (κ2) is 6.77. The largest absolute Gasteiger partial charge is 0.497 e. The van der Waals surface area contributed by atoms with Crippen molar-refractivity contribution in [2.45, 2.75) is 12.5 Å². The predicted octanol–water partition coefficient (Wildman–Crippen LogP) is 4.24. The smallest absolute Gasteiger partial charge is 0.187 e. The molecule has 0 bridgehead atoms. The van der Waals surface area contributed by atoms with Crippen LogP contribution in [0, 0.1) is 0 Å². The number of benzene rings is 3. The Kier molecular flexibility index (Phi) is 4.31. The van der Waals surface area contributed by atoms with Crippen molar-refractivity contribution >= 4 is 33.8 Å². The van der Waals surface area contributed by atoms with Crippen molar-refractivity contribution < 1.29 is 4.74 Å². The average molecular weight is 361 g/mol. The molecule has 0 fully saturated rings. The van der Waals surface area contributed by atoms with E-state index in [4.69, 9.17) is 27.8 Å². The van der Waals surface area contributed by atoms with Crippen LogP contribution < -0.4 is 10.5 Å². The molecule has 0 radical (unpaired) electrons. The van der Waals surface area contributed by atoms with Gasteiger partial charge in [-0.25, -0.2) is 5.01 Å². The van der Waals surface area contributed by atoms with Crippen molar-refractivity contribution in [1.29, 1.82) is 0 Å². The van der Waals surface area contributed by atoms with Crippen LogP contribution in [0.3, 0.4) is 0 Å². The van der Waals surface area contributed by atoms with Crippen LogP contribution in [-0.2, 0) is 0 Å². The molecule has 0 saturated heterocycles. The zero-order valence-corrected chi connectivity index (χ0v) is 15.2. The lowest BCUT2D eigenvalue weighted by atomic mass is 9.97. The maximum atomic E-state index is 5.94. The van der Waals surface area contributed by atoms with E-state index in [0.29, 0.717) is 0 Å². The summed E-state index contributed by atoms with van der Waals surface area (Å²) >= 11 is 5.23. The molecule has 3 aromatic carbocycles. The lowest BCUT2D eigenvalue weighted by Gasteiger charge is -2.22. The van der Waals surface area contributed by atoms with E-state index in [9.17, 15) is 0 Å². The predicted molar refractivity (Wildman–Crippen MR) is 109 cm³/mol. The number of ether oxygens (including phenoxy) is 1. The Morgan fingerprint density at radius 2 is 1.81 bits per heavy atom. The summed E-state index contributed by atoms with van der Waals surface area (Å²) in [5.41, 5.74) is 9.14. The van der Waals surface area contributed by atoms with Crippen molar-refractivity contribution in [3.05, 3.63) is 77.9 Å². The van der Waals surface area contributed by atoms with E-state index in [1.54, 1.807) is 12.1 Å². The maximum Gasteiger partial charge on any atom is 0.187 e. The molecular weight excluding hydrogens is 342 g/mol. The fourth-order valence-electron chi connectivity index (χ4n) is 3.34. The van der Waals surface area contributed by atoms with Crippen LogP contribution in [0.4, 0.5) is 0 Å². The van der Waals surface area contributed by atoms with Crippen LogP contribution in [0.5, 0.6) is 5.75 Å². The third-order valence-corrected chi connectivity index (χ3v) is 4.91. The quantitative estimate of drug-likeness (QED) is 0.709. The SMILES string of the molecule is COc1ccc(C2CC(c3ccc4ccccc4c3)=NN2C(N)=S)cc1. The van der Waals surface area contributed by atoms with Gasteiger partial charge in [0.05, 0.1) is 18.9 Å². The van der Waals surface area contributed by atoms with E-state index in [1.807, 2.05) is 36.4 Å². The molecule has 0 aliphatic carbocycles. The summed E-state index contributed by atoms with van der Waals surface area (Å²) in [6.45, 7) is 0. The molecule has 3 aromatic rings. The highest BCUT2D eigenvalue weighted by Crippen LogP contribution is 2.33. The number of hydrogen-bond acceptors (Lipinski definition) is 3. The molecule has 1 aliphatic rings. The summed E-state index contributed by atoms with van der Waals surface area (Å²) in [4.78, 5) is 0. The van der Waals surface area contributed by atoms with Crippen LogP contribution in [0.15, 0.2) is 71.8 Å². The molecule has 0 amide bonds. The molecule has 4 nitrogen and oxygen atoms in total. The molecule has 1 aliphatic heterocycles. The molecular formula is C21H19N3OS. The average Bonchev–Trinajstić information content (AvgIpc) is 3.13. The van der Waals surface area contributed by atoms with Gasteiger partial charge >= 0.3 is 0 Å². The normalized spacial score (nSPS) is 16.6. The van der Waals surface area contributed by atoms with E-state index in [1.165, 1.54) is 10.8 Å². The molecule has 5 heteroatoms. The van der Waals surface area contributed by atoms with E-state index in [-0.39, 0.29) is 11.2 Å². The first-order chi connectivity index (χ1) is 12.7. The highest BCUT2D eigenvalue weighted by molar-refractivity contribution is 7.80. The van der Waals surface area contributed by atoms with Crippen molar-refractivity contribution in [3.8, 4) is 5.75 Å². The number of nitrogens with zero attached hydrogens (tertiary/aromatic N) is 2. The van der Waals surface area contributed by atoms with E-state index >= 15 is 0 Å². The Labute approximate surface area is 157 Å². The van der Waals surface area contributed by atoms with Gasteiger partial charge < -0.3 is 10.5 Å². The summed E-state index contributed by atoms with van der Waals surface area (Å²) in [6.07, 6.45) is 0.752. The third-order valence-electron chi connectivity index (χ3n) is 4.72. The van der Waals surface area contributed by atoms with E-state index < -0.39 is 0 Å². The number of nitrogens with two attached hydrogens (primary N) is 1. The molecule has 1 heterocycles.